The summed E-state index contributed by atoms with van der Waals surface area (Å²) in [6.45, 7) is 11.8. The van der Waals surface area contributed by atoms with E-state index in [0.29, 0.717) is 21.2 Å². The summed E-state index contributed by atoms with van der Waals surface area (Å²) in [4.78, 5) is 75.3. The SMILES string of the molecule is C.C.C.CC(C)(C)N.CC(C)(C)N.O=C(O)c1ccccc1SC1CC(=O)N(c2ccccc2)C1=O.O=C(O)c1ccccc1SC1CC(=O)N(c2ccccc2)C1=O. The first-order valence-corrected chi connectivity index (χ1v) is 19.3. The highest BCUT2D eigenvalue weighted by Crippen LogP contribution is 2.37. The monoisotopic (exact) mass is 848 g/mol. The van der Waals surface area contributed by atoms with Gasteiger partial charge in [-0.15, -0.1) is 23.5 Å². The highest BCUT2D eigenvalue weighted by Gasteiger charge is 2.41. The lowest BCUT2D eigenvalue weighted by Gasteiger charge is -2.15. The molecule has 0 saturated carbocycles. The lowest BCUT2D eigenvalue weighted by molar-refractivity contribution is -0.122. The Kier molecular flexibility index (Phi) is 21.8. The molecule has 6 N–H and O–H groups in total. The van der Waals surface area contributed by atoms with E-state index < -0.39 is 22.4 Å². The summed E-state index contributed by atoms with van der Waals surface area (Å²) < 4.78 is 0. The molecular weight excluding hydrogens is 789 g/mol. The van der Waals surface area contributed by atoms with Gasteiger partial charge < -0.3 is 21.7 Å². The van der Waals surface area contributed by atoms with Crippen molar-refractivity contribution in [3.63, 3.8) is 0 Å². The molecule has 4 aromatic rings. The zero-order valence-corrected chi connectivity index (χ0v) is 33.8. The van der Waals surface area contributed by atoms with Gasteiger partial charge in [-0.2, -0.15) is 0 Å². The first-order valence-electron chi connectivity index (χ1n) is 17.5. The van der Waals surface area contributed by atoms with E-state index in [-0.39, 0.29) is 81.0 Å². The van der Waals surface area contributed by atoms with Gasteiger partial charge in [0, 0.05) is 33.7 Å². The highest BCUT2D eigenvalue weighted by molar-refractivity contribution is 8.01. The molecule has 2 atom stereocenters. The third-order valence-corrected chi connectivity index (χ3v) is 9.54. The molecule has 2 fully saturated rings. The Balaban J connectivity index is 0.000000891. The fraction of sp³-hybridized carbons (Fsp3) is 0.333. The van der Waals surface area contributed by atoms with Crippen LogP contribution in [-0.2, 0) is 19.2 Å². The van der Waals surface area contributed by atoms with Crippen molar-refractivity contribution in [1.29, 1.82) is 0 Å². The Labute approximate surface area is 357 Å². The summed E-state index contributed by atoms with van der Waals surface area (Å²) in [5.41, 5.74) is 12.1. The van der Waals surface area contributed by atoms with Gasteiger partial charge in [0.05, 0.1) is 33.0 Å². The van der Waals surface area contributed by atoms with Crippen molar-refractivity contribution in [3.8, 4) is 0 Å². The highest BCUT2D eigenvalue weighted by atomic mass is 32.2. The van der Waals surface area contributed by atoms with Crippen LogP contribution in [0.15, 0.2) is 119 Å². The number of aromatic carboxylic acids is 2. The van der Waals surface area contributed by atoms with Crippen LogP contribution in [0.25, 0.3) is 0 Å². The first kappa shape index (κ1) is 53.7. The average Bonchev–Trinajstić information content (AvgIpc) is 3.55. The molecule has 0 radical (unpaired) electrons. The fourth-order valence-electron chi connectivity index (χ4n) is 4.89. The lowest BCUT2D eigenvalue weighted by Crippen LogP contribution is -2.31. The smallest absolute Gasteiger partial charge is 0.336 e. The molecule has 0 aliphatic carbocycles. The minimum absolute atomic E-state index is 0. The molecule has 6 rings (SSSR count). The van der Waals surface area contributed by atoms with Crippen LogP contribution in [-0.4, -0.2) is 67.4 Å². The number of carboxylic acids is 2. The molecule has 12 nitrogen and oxygen atoms in total. The number of rotatable bonds is 8. The molecule has 320 valence electrons. The molecule has 14 heteroatoms. The van der Waals surface area contributed by atoms with Gasteiger partial charge >= 0.3 is 11.9 Å². The third-order valence-electron chi connectivity index (χ3n) is 7.01. The maximum atomic E-state index is 12.5. The molecule has 0 aromatic heterocycles. The lowest BCUT2D eigenvalue weighted by atomic mass is 10.1. The number of carbonyl (C=O) groups is 6. The third kappa shape index (κ3) is 17.2. The number of hydrogen-bond donors (Lipinski definition) is 4. The number of carboxylic acid groups (broad SMARTS) is 2. The molecule has 2 aliphatic heterocycles. The van der Waals surface area contributed by atoms with E-state index in [1.165, 1.54) is 21.9 Å². The molecule has 2 unspecified atom stereocenters. The number of benzene rings is 4. The van der Waals surface area contributed by atoms with Gasteiger partial charge in [-0.3, -0.25) is 19.2 Å². The summed E-state index contributed by atoms with van der Waals surface area (Å²) >= 11 is 2.25. The number of amides is 4. The number of nitrogens with two attached hydrogens (primary N) is 2. The number of nitrogens with zero attached hydrogens (tertiary/aromatic N) is 2. The second-order valence-electron chi connectivity index (χ2n) is 14.8. The van der Waals surface area contributed by atoms with Gasteiger partial charge in [0.2, 0.25) is 23.6 Å². The number of anilines is 2. The van der Waals surface area contributed by atoms with Gasteiger partial charge in [-0.05, 0) is 90.1 Å². The summed E-state index contributed by atoms with van der Waals surface area (Å²) in [5, 5.41) is 17.2. The van der Waals surface area contributed by atoms with Crippen LogP contribution in [0.4, 0.5) is 11.4 Å². The minimum Gasteiger partial charge on any atom is -0.478 e. The second kappa shape index (κ2) is 24.0. The first-order chi connectivity index (χ1) is 26.2. The largest absolute Gasteiger partial charge is 0.478 e. The van der Waals surface area contributed by atoms with E-state index in [4.69, 9.17) is 11.5 Å². The zero-order valence-electron chi connectivity index (χ0n) is 32.2. The van der Waals surface area contributed by atoms with Gasteiger partial charge in [-0.1, -0.05) is 82.9 Å². The molecule has 0 spiro atoms. The van der Waals surface area contributed by atoms with Gasteiger partial charge in [0.15, 0.2) is 0 Å². The quantitative estimate of drug-likeness (QED) is 0.123. The van der Waals surface area contributed by atoms with Gasteiger partial charge in [0.1, 0.15) is 0 Å². The standard InChI is InChI=1S/2C17H13NO4S.2C4H11N.3CH4/c2*19-15-10-14(16(20)18(15)11-6-2-1-3-7-11)23-13-9-5-4-8-12(13)17(21)22;2*1-4(2,3)5;;;/h2*1-9,14H,10H2,(H,21,22);2*5H2,1-3H3;3*1H4. The zero-order chi connectivity index (χ0) is 41.8. The molecule has 4 amide bonds. The van der Waals surface area contributed by atoms with Crippen LogP contribution < -0.4 is 21.3 Å². The van der Waals surface area contributed by atoms with Gasteiger partial charge in [-0.25, -0.2) is 19.4 Å². The van der Waals surface area contributed by atoms with Crippen LogP contribution in [0.1, 0.15) is 97.4 Å². The van der Waals surface area contributed by atoms with Crippen molar-refractivity contribution in [2.45, 2.75) is 108 Å². The Morgan fingerprint density at radius 1 is 0.525 bits per heavy atom. The number of hydrogen-bond acceptors (Lipinski definition) is 10. The summed E-state index contributed by atoms with van der Waals surface area (Å²) in [5.74, 6) is -3.27. The molecule has 0 bridgehead atoms. The molecular formula is C45H60N4O8S2. The number of para-hydroxylation sites is 2. The number of imide groups is 2. The van der Waals surface area contributed by atoms with Crippen molar-refractivity contribution in [1.82, 2.24) is 0 Å². The van der Waals surface area contributed by atoms with Crippen molar-refractivity contribution < 1.29 is 39.0 Å². The maximum absolute atomic E-state index is 12.5. The van der Waals surface area contributed by atoms with Crippen molar-refractivity contribution in [2.24, 2.45) is 11.5 Å². The van der Waals surface area contributed by atoms with Crippen molar-refractivity contribution in [3.05, 3.63) is 120 Å². The average molecular weight is 849 g/mol. The second-order valence-corrected chi connectivity index (χ2v) is 17.3. The maximum Gasteiger partial charge on any atom is 0.336 e. The van der Waals surface area contributed by atoms with Crippen LogP contribution in [0, 0.1) is 0 Å². The predicted octanol–water partition coefficient (Wildman–Crippen LogP) is 9.01. The van der Waals surface area contributed by atoms with E-state index in [0.717, 1.165) is 23.5 Å². The summed E-state index contributed by atoms with van der Waals surface area (Å²) in [7, 11) is 0. The summed E-state index contributed by atoms with van der Waals surface area (Å²) in [6, 6.07) is 30.4. The molecule has 4 aromatic carbocycles. The van der Waals surface area contributed by atoms with Crippen LogP contribution >= 0.6 is 23.5 Å². The topological polar surface area (TPSA) is 201 Å². The predicted molar refractivity (Wildman–Crippen MR) is 241 cm³/mol. The van der Waals surface area contributed by atoms with Crippen molar-refractivity contribution in [2.75, 3.05) is 9.80 Å². The Morgan fingerprint density at radius 2 is 0.780 bits per heavy atom. The van der Waals surface area contributed by atoms with E-state index in [1.807, 2.05) is 53.7 Å². The normalized spacial score (nSPS) is 15.7. The summed E-state index contributed by atoms with van der Waals surface area (Å²) in [6.07, 6.45) is 0.124. The van der Waals surface area contributed by atoms with Crippen molar-refractivity contribution >= 4 is 70.5 Å². The van der Waals surface area contributed by atoms with Crippen LogP contribution in [0.2, 0.25) is 0 Å². The Morgan fingerprint density at radius 3 is 1.05 bits per heavy atom. The molecule has 2 heterocycles. The minimum atomic E-state index is -1.05. The molecule has 59 heavy (non-hydrogen) atoms. The van der Waals surface area contributed by atoms with Gasteiger partial charge in [0.25, 0.3) is 0 Å². The van der Waals surface area contributed by atoms with Crippen LogP contribution in [0.5, 0.6) is 0 Å². The van der Waals surface area contributed by atoms with E-state index in [2.05, 4.69) is 0 Å². The molecule has 2 aliphatic rings. The Hall–Kier alpha value is -5.28. The number of carbonyl (C=O) groups excluding carboxylic acids is 4. The van der Waals surface area contributed by atoms with E-state index in [1.54, 1.807) is 84.9 Å². The van der Waals surface area contributed by atoms with E-state index >= 15 is 0 Å². The van der Waals surface area contributed by atoms with E-state index in [9.17, 15) is 39.0 Å². The van der Waals surface area contributed by atoms with Crippen LogP contribution in [0.3, 0.4) is 0 Å². The Bertz CT molecular complexity index is 1860. The molecule has 2 saturated heterocycles. The fourth-order valence-corrected chi connectivity index (χ4v) is 7.24. The number of thioether (sulfide) groups is 2.